The Morgan fingerprint density at radius 2 is 2.03 bits per heavy atom. The number of aromatic amines is 1. The van der Waals surface area contributed by atoms with Gasteiger partial charge in [0.05, 0.1) is 16.3 Å². The van der Waals surface area contributed by atoms with Crippen LogP contribution in [0.25, 0.3) is 10.7 Å². The van der Waals surface area contributed by atoms with Crippen LogP contribution in [0.5, 0.6) is 0 Å². The molecule has 11 heteroatoms. The lowest BCUT2D eigenvalue weighted by atomic mass is 10.1. The number of amides is 2. The lowest BCUT2D eigenvalue weighted by Gasteiger charge is -2.25. The first-order valence-corrected chi connectivity index (χ1v) is 11.1. The molecule has 1 saturated heterocycles. The van der Waals surface area contributed by atoms with E-state index in [0.717, 1.165) is 16.0 Å². The van der Waals surface area contributed by atoms with Crippen molar-refractivity contribution in [1.29, 1.82) is 0 Å². The molecule has 2 amide bonds. The third-order valence-corrected chi connectivity index (χ3v) is 6.89. The van der Waals surface area contributed by atoms with Gasteiger partial charge in [-0.25, -0.2) is 19.8 Å². The van der Waals surface area contributed by atoms with Crippen molar-refractivity contribution in [2.45, 2.75) is 26.1 Å². The maximum absolute atomic E-state index is 12.8. The molecule has 1 unspecified atom stereocenters. The number of nitrogens with one attached hydrogen (secondary N) is 2. The van der Waals surface area contributed by atoms with E-state index >= 15 is 0 Å². The summed E-state index contributed by atoms with van der Waals surface area (Å²) in [4.78, 5) is 29.3. The molecule has 2 N–H and O–H groups in total. The molecule has 0 aliphatic carbocycles. The van der Waals surface area contributed by atoms with Gasteiger partial charge < -0.3 is 5.32 Å². The third-order valence-electron chi connectivity index (χ3n) is 4.35. The van der Waals surface area contributed by atoms with Gasteiger partial charge in [0.25, 0.3) is 5.91 Å². The molecule has 0 bridgehead atoms. The fraction of sp³-hybridized carbons (Fsp3) is 0.278. The van der Waals surface area contributed by atoms with Gasteiger partial charge in [0, 0.05) is 6.92 Å². The molecule has 0 spiro atoms. The molecule has 3 aromatic rings. The zero-order valence-corrected chi connectivity index (χ0v) is 18.4. The van der Waals surface area contributed by atoms with Crippen LogP contribution >= 0.6 is 35.3 Å². The Kier molecular flexibility index (Phi) is 5.28. The van der Waals surface area contributed by atoms with Gasteiger partial charge in [0.2, 0.25) is 10.7 Å². The van der Waals surface area contributed by atoms with E-state index in [1.54, 1.807) is 21.4 Å². The molecular formula is C18H18N6O2S3. The molecule has 1 atom stereocenters. The van der Waals surface area contributed by atoms with Crippen LogP contribution in [0.1, 0.15) is 29.1 Å². The van der Waals surface area contributed by atoms with Crippen LogP contribution in [0.3, 0.4) is 0 Å². The molecule has 29 heavy (non-hydrogen) atoms. The van der Waals surface area contributed by atoms with Gasteiger partial charge in [0.15, 0.2) is 11.0 Å². The molecule has 1 aliphatic rings. The average molecular weight is 447 g/mol. The van der Waals surface area contributed by atoms with Crippen molar-refractivity contribution >= 4 is 52.3 Å². The minimum absolute atomic E-state index is 0.0522. The maximum Gasteiger partial charge on any atom is 0.252 e. The SMILES string of the molecule is CC(=O)Nc1nc(C)c(-c2n[nH]c(=S)n2N2C(=O)CSC2c2ccc(C)cc2)s1. The summed E-state index contributed by atoms with van der Waals surface area (Å²) in [5.74, 6) is 0.594. The maximum atomic E-state index is 12.8. The monoisotopic (exact) mass is 446 g/mol. The van der Waals surface area contributed by atoms with Crippen LogP contribution in [0, 0.1) is 18.6 Å². The predicted octanol–water partition coefficient (Wildman–Crippen LogP) is 3.55. The Balaban J connectivity index is 1.79. The number of carbonyl (C=O) groups excluding carboxylic acids is 2. The summed E-state index contributed by atoms with van der Waals surface area (Å²) < 4.78 is 1.96. The highest BCUT2D eigenvalue weighted by molar-refractivity contribution is 8.00. The third kappa shape index (κ3) is 3.72. The highest BCUT2D eigenvalue weighted by Crippen LogP contribution is 2.40. The number of aromatic nitrogens is 4. The van der Waals surface area contributed by atoms with Crippen molar-refractivity contribution in [1.82, 2.24) is 19.9 Å². The second-order valence-corrected chi connectivity index (χ2v) is 9.05. The second kappa shape index (κ2) is 7.73. The van der Waals surface area contributed by atoms with Gasteiger partial charge in [0.1, 0.15) is 5.37 Å². The first kappa shape index (κ1) is 19.8. The number of anilines is 1. The number of aryl methyl sites for hydroxylation is 2. The molecule has 3 heterocycles. The number of hydrogen-bond acceptors (Lipinski definition) is 7. The molecule has 8 nitrogen and oxygen atoms in total. The van der Waals surface area contributed by atoms with Gasteiger partial charge in [-0.2, -0.15) is 5.10 Å². The molecule has 1 fully saturated rings. The van der Waals surface area contributed by atoms with Crippen molar-refractivity contribution < 1.29 is 9.59 Å². The van der Waals surface area contributed by atoms with Crippen molar-refractivity contribution in [3.63, 3.8) is 0 Å². The summed E-state index contributed by atoms with van der Waals surface area (Å²) in [6.07, 6.45) is 0. The molecule has 1 aliphatic heterocycles. The van der Waals surface area contributed by atoms with Crippen LogP contribution in [-0.4, -0.2) is 37.4 Å². The first-order chi connectivity index (χ1) is 13.8. The average Bonchev–Trinajstić information content (AvgIpc) is 3.32. The Morgan fingerprint density at radius 3 is 2.72 bits per heavy atom. The van der Waals surface area contributed by atoms with E-state index in [1.165, 1.54) is 18.3 Å². The van der Waals surface area contributed by atoms with Crippen LogP contribution in [0.15, 0.2) is 24.3 Å². The summed E-state index contributed by atoms with van der Waals surface area (Å²) in [7, 11) is 0. The number of nitrogens with zero attached hydrogens (tertiary/aromatic N) is 4. The van der Waals surface area contributed by atoms with Crippen LogP contribution in [-0.2, 0) is 9.59 Å². The molecule has 0 saturated carbocycles. The summed E-state index contributed by atoms with van der Waals surface area (Å²) in [6.45, 7) is 5.29. The fourth-order valence-corrected chi connectivity index (χ4v) is 5.39. The lowest BCUT2D eigenvalue weighted by Crippen LogP contribution is -2.38. The number of rotatable bonds is 4. The molecule has 0 radical (unpaired) electrons. The summed E-state index contributed by atoms with van der Waals surface area (Å²) >= 11 is 8.30. The van der Waals surface area contributed by atoms with Crippen LogP contribution < -0.4 is 10.3 Å². The molecule has 2 aromatic heterocycles. The van der Waals surface area contributed by atoms with E-state index in [-0.39, 0.29) is 17.2 Å². The molecule has 4 rings (SSSR count). The lowest BCUT2D eigenvalue weighted by molar-refractivity contribution is -0.117. The van der Waals surface area contributed by atoms with Crippen LogP contribution in [0.4, 0.5) is 5.13 Å². The van der Waals surface area contributed by atoms with E-state index in [9.17, 15) is 9.59 Å². The number of hydrogen-bond donors (Lipinski definition) is 2. The van der Waals surface area contributed by atoms with Gasteiger partial charge in [-0.3, -0.25) is 9.59 Å². The van der Waals surface area contributed by atoms with Crippen molar-refractivity contribution in [3.8, 4) is 10.7 Å². The van der Waals surface area contributed by atoms with Crippen molar-refractivity contribution in [2.75, 3.05) is 16.1 Å². The number of thiazole rings is 1. The summed E-state index contributed by atoms with van der Waals surface area (Å²) in [5.41, 5.74) is 2.86. The Labute approximate surface area is 180 Å². The van der Waals surface area contributed by atoms with Gasteiger partial charge in [-0.15, -0.1) is 11.8 Å². The highest BCUT2D eigenvalue weighted by Gasteiger charge is 2.37. The minimum Gasteiger partial charge on any atom is -0.302 e. The van der Waals surface area contributed by atoms with E-state index in [0.29, 0.717) is 27.2 Å². The van der Waals surface area contributed by atoms with E-state index < -0.39 is 0 Å². The molecule has 150 valence electrons. The second-order valence-electron chi connectivity index (χ2n) is 6.59. The smallest absolute Gasteiger partial charge is 0.252 e. The fourth-order valence-electron chi connectivity index (χ4n) is 3.05. The Bertz CT molecular complexity index is 1150. The quantitative estimate of drug-likeness (QED) is 0.595. The number of carbonyl (C=O) groups is 2. The standard InChI is InChI=1S/C18H18N6O2S3/c1-9-4-6-12(7-5-9)16-23(13(26)8-28-16)24-15(21-22-18(24)27)14-10(2)19-17(29-14)20-11(3)25/h4-7,16H,8H2,1-3H3,(H,22,27)(H,19,20,25). The Morgan fingerprint density at radius 1 is 1.31 bits per heavy atom. The molecular weight excluding hydrogens is 428 g/mol. The van der Waals surface area contributed by atoms with Crippen LogP contribution in [0.2, 0.25) is 0 Å². The number of H-pyrrole nitrogens is 1. The first-order valence-electron chi connectivity index (χ1n) is 8.78. The van der Waals surface area contributed by atoms with Gasteiger partial charge in [-0.05, 0) is 31.6 Å². The van der Waals surface area contributed by atoms with Gasteiger partial charge >= 0.3 is 0 Å². The zero-order valence-electron chi connectivity index (χ0n) is 15.9. The zero-order chi connectivity index (χ0) is 20.7. The van der Waals surface area contributed by atoms with Crippen molar-refractivity contribution in [3.05, 3.63) is 45.9 Å². The summed E-state index contributed by atoms with van der Waals surface area (Å²) in [6, 6.07) is 8.10. The summed E-state index contributed by atoms with van der Waals surface area (Å²) in [5, 5.41) is 11.8. The highest BCUT2D eigenvalue weighted by atomic mass is 32.2. The van der Waals surface area contributed by atoms with Crippen molar-refractivity contribution in [2.24, 2.45) is 0 Å². The van der Waals surface area contributed by atoms with E-state index in [2.05, 4.69) is 20.5 Å². The number of thioether (sulfide) groups is 1. The van der Waals surface area contributed by atoms with E-state index in [1.807, 2.05) is 38.1 Å². The largest absolute Gasteiger partial charge is 0.302 e. The Hall–Kier alpha value is -2.50. The van der Waals surface area contributed by atoms with Gasteiger partial charge in [-0.1, -0.05) is 41.2 Å². The topological polar surface area (TPSA) is 95.9 Å². The normalized spacial score (nSPS) is 16.4. The minimum atomic E-state index is -0.214. The number of benzene rings is 1. The predicted molar refractivity (Wildman–Crippen MR) is 117 cm³/mol. The van der Waals surface area contributed by atoms with E-state index in [4.69, 9.17) is 12.2 Å². The molecule has 1 aromatic carbocycles.